The molecule has 4 heteroatoms. The van der Waals surface area contributed by atoms with Crippen LogP contribution < -0.4 is 11.3 Å². The molecule has 14 heavy (non-hydrogen) atoms. The topological polar surface area (TPSA) is 71.8 Å². The summed E-state index contributed by atoms with van der Waals surface area (Å²) in [5.74, 6) is 0.945. The van der Waals surface area contributed by atoms with Crippen LogP contribution >= 0.6 is 0 Å². The van der Waals surface area contributed by atoms with Crippen molar-refractivity contribution < 1.29 is 0 Å². The lowest BCUT2D eigenvalue weighted by Crippen LogP contribution is -2.22. The van der Waals surface area contributed by atoms with E-state index in [1.165, 1.54) is 6.07 Å². The number of H-pyrrole nitrogens is 1. The summed E-state index contributed by atoms with van der Waals surface area (Å²) in [6, 6.07) is 1.55. The molecule has 0 amide bonds. The number of nitrogens with zero attached hydrogens (tertiary/aromatic N) is 1. The zero-order valence-corrected chi connectivity index (χ0v) is 8.87. The summed E-state index contributed by atoms with van der Waals surface area (Å²) in [6.07, 6.45) is 0.607. The Hall–Kier alpha value is -1.16. The molecule has 0 radical (unpaired) electrons. The summed E-state index contributed by atoms with van der Waals surface area (Å²) >= 11 is 0. The van der Waals surface area contributed by atoms with E-state index in [1.807, 2.05) is 20.8 Å². The zero-order valence-electron chi connectivity index (χ0n) is 8.87. The van der Waals surface area contributed by atoms with Crippen molar-refractivity contribution in [2.24, 2.45) is 5.73 Å². The number of hydrogen-bond acceptors (Lipinski definition) is 3. The van der Waals surface area contributed by atoms with E-state index in [0.717, 1.165) is 5.69 Å². The highest BCUT2D eigenvalue weighted by Crippen LogP contribution is 2.08. The van der Waals surface area contributed by atoms with Gasteiger partial charge < -0.3 is 10.7 Å². The summed E-state index contributed by atoms with van der Waals surface area (Å²) < 4.78 is 0. The lowest BCUT2D eigenvalue weighted by atomic mass is 10.1. The van der Waals surface area contributed by atoms with Gasteiger partial charge in [0.25, 0.3) is 5.56 Å². The van der Waals surface area contributed by atoms with E-state index >= 15 is 0 Å². The normalized spacial score (nSPS) is 13.2. The molecule has 78 valence electrons. The fraction of sp³-hybridized carbons (Fsp3) is 0.600. The summed E-state index contributed by atoms with van der Waals surface area (Å²) in [4.78, 5) is 18.3. The summed E-state index contributed by atoms with van der Waals surface area (Å²) in [5, 5.41) is 0. The molecule has 0 aromatic carbocycles. The van der Waals surface area contributed by atoms with Crippen LogP contribution in [0.2, 0.25) is 0 Å². The molecule has 1 unspecified atom stereocenters. The summed E-state index contributed by atoms with van der Waals surface area (Å²) in [5.41, 5.74) is 6.36. The zero-order chi connectivity index (χ0) is 10.7. The third-order valence-electron chi connectivity index (χ3n) is 1.92. The molecule has 1 atom stereocenters. The minimum absolute atomic E-state index is 0.0144. The lowest BCUT2D eigenvalue weighted by Gasteiger charge is -2.08. The minimum atomic E-state index is -0.0978. The van der Waals surface area contributed by atoms with Gasteiger partial charge in [-0.1, -0.05) is 13.8 Å². The van der Waals surface area contributed by atoms with Crippen molar-refractivity contribution in [1.82, 2.24) is 9.97 Å². The Morgan fingerprint density at radius 2 is 2.14 bits per heavy atom. The highest BCUT2D eigenvalue weighted by Gasteiger charge is 2.06. The van der Waals surface area contributed by atoms with Crippen molar-refractivity contribution in [1.29, 1.82) is 0 Å². The predicted molar refractivity (Wildman–Crippen MR) is 56.3 cm³/mol. The highest BCUT2D eigenvalue weighted by atomic mass is 16.1. The second kappa shape index (κ2) is 4.37. The molecule has 3 N–H and O–H groups in total. The third kappa shape index (κ3) is 2.96. The molecule has 0 aliphatic heterocycles. The van der Waals surface area contributed by atoms with Gasteiger partial charge in [0.15, 0.2) is 0 Å². The van der Waals surface area contributed by atoms with Crippen molar-refractivity contribution in [3.05, 3.63) is 27.9 Å². The molecule has 1 rings (SSSR count). The van der Waals surface area contributed by atoms with Crippen LogP contribution in [0.25, 0.3) is 0 Å². The molecule has 0 spiro atoms. The van der Waals surface area contributed by atoms with Gasteiger partial charge >= 0.3 is 0 Å². The van der Waals surface area contributed by atoms with Crippen molar-refractivity contribution in [3.63, 3.8) is 0 Å². The second-order valence-electron chi connectivity index (χ2n) is 3.95. The fourth-order valence-electron chi connectivity index (χ4n) is 1.23. The smallest absolute Gasteiger partial charge is 0.251 e. The van der Waals surface area contributed by atoms with Crippen molar-refractivity contribution in [2.45, 2.75) is 39.2 Å². The number of aromatic nitrogens is 2. The molecule has 0 saturated heterocycles. The first-order valence-corrected chi connectivity index (χ1v) is 4.84. The average molecular weight is 195 g/mol. The molecular formula is C10H17N3O. The van der Waals surface area contributed by atoms with Crippen LogP contribution in [-0.4, -0.2) is 16.0 Å². The Kier molecular flexibility index (Phi) is 3.41. The lowest BCUT2D eigenvalue weighted by molar-refractivity contribution is 0.682. The summed E-state index contributed by atoms with van der Waals surface area (Å²) in [7, 11) is 0. The number of nitrogens with one attached hydrogen (secondary N) is 1. The van der Waals surface area contributed by atoms with E-state index in [1.54, 1.807) is 0 Å². The van der Waals surface area contributed by atoms with E-state index < -0.39 is 0 Å². The van der Waals surface area contributed by atoms with E-state index in [4.69, 9.17) is 5.73 Å². The molecule has 0 fully saturated rings. The van der Waals surface area contributed by atoms with Crippen LogP contribution in [0.15, 0.2) is 10.9 Å². The van der Waals surface area contributed by atoms with Crippen LogP contribution in [0.3, 0.4) is 0 Å². The van der Waals surface area contributed by atoms with Gasteiger partial charge in [0, 0.05) is 18.5 Å². The number of hydrogen-bond donors (Lipinski definition) is 2. The fourth-order valence-corrected chi connectivity index (χ4v) is 1.23. The van der Waals surface area contributed by atoms with Gasteiger partial charge in [-0.25, -0.2) is 4.98 Å². The molecular weight excluding hydrogens is 178 g/mol. The largest absolute Gasteiger partial charge is 0.328 e. The molecule has 4 nitrogen and oxygen atoms in total. The van der Waals surface area contributed by atoms with Crippen molar-refractivity contribution >= 4 is 0 Å². The van der Waals surface area contributed by atoms with Crippen molar-refractivity contribution in [3.8, 4) is 0 Å². The van der Waals surface area contributed by atoms with Gasteiger partial charge in [-0.05, 0) is 12.8 Å². The Labute approximate surface area is 83.6 Å². The first-order chi connectivity index (χ1) is 6.49. The standard InChI is InChI=1S/C10H17N3O/c1-6(2)8-5-10(14)13-9(12-8)4-7(3)11/h5-7H,4,11H2,1-3H3,(H,12,13,14). The van der Waals surface area contributed by atoms with Crippen LogP contribution in [0, 0.1) is 0 Å². The maximum Gasteiger partial charge on any atom is 0.251 e. The maximum atomic E-state index is 11.3. The van der Waals surface area contributed by atoms with Gasteiger partial charge in [0.1, 0.15) is 5.82 Å². The van der Waals surface area contributed by atoms with Gasteiger partial charge in [-0.2, -0.15) is 0 Å². The van der Waals surface area contributed by atoms with Gasteiger partial charge in [0.2, 0.25) is 0 Å². The Morgan fingerprint density at radius 1 is 1.50 bits per heavy atom. The second-order valence-corrected chi connectivity index (χ2v) is 3.95. The molecule has 0 aliphatic carbocycles. The van der Waals surface area contributed by atoms with Gasteiger partial charge in [-0.15, -0.1) is 0 Å². The Bertz CT molecular complexity index is 355. The summed E-state index contributed by atoms with van der Waals surface area (Å²) in [6.45, 7) is 5.91. The molecule has 0 bridgehead atoms. The molecule has 1 aromatic rings. The van der Waals surface area contributed by atoms with Crippen molar-refractivity contribution in [2.75, 3.05) is 0 Å². The Morgan fingerprint density at radius 3 is 2.64 bits per heavy atom. The SMILES string of the molecule is CC(N)Cc1nc(C(C)C)cc(=O)[nH]1. The number of nitrogens with two attached hydrogens (primary N) is 1. The van der Waals surface area contributed by atoms with E-state index in [2.05, 4.69) is 9.97 Å². The van der Waals surface area contributed by atoms with Crippen LogP contribution in [0.1, 0.15) is 38.2 Å². The number of aromatic amines is 1. The number of rotatable bonds is 3. The maximum absolute atomic E-state index is 11.3. The quantitative estimate of drug-likeness (QED) is 0.748. The van der Waals surface area contributed by atoms with E-state index in [0.29, 0.717) is 12.2 Å². The Balaban J connectivity index is 3.01. The molecule has 1 aromatic heterocycles. The van der Waals surface area contributed by atoms with Gasteiger partial charge in [-0.3, -0.25) is 4.79 Å². The van der Waals surface area contributed by atoms with Crippen LogP contribution in [-0.2, 0) is 6.42 Å². The first kappa shape index (κ1) is 10.9. The first-order valence-electron chi connectivity index (χ1n) is 4.84. The van der Waals surface area contributed by atoms with E-state index in [-0.39, 0.29) is 17.5 Å². The average Bonchev–Trinajstić information content (AvgIpc) is 2.01. The molecule has 1 heterocycles. The minimum Gasteiger partial charge on any atom is -0.328 e. The monoisotopic (exact) mass is 195 g/mol. The molecule has 0 saturated carbocycles. The third-order valence-corrected chi connectivity index (χ3v) is 1.92. The van der Waals surface area contributed by atoms with Crippen LogP contribution in [0.4, 0.5) is 0 Å². The molecule has 0 aliphatic rings. The highest BCUT2D eigenvalue weighted by molar-refractivity contribution is 5.07. The van der Waals surface area contributed by atoms with Crippen LogP contribution in [0.5, 0.6) is 0 Å². The predicted octanol–water partition coefficient (Wildman–Crippen LogP) is 0.783. The van der Waals surface area contributed by atoms with E-state index in [9.17, 15) is 4.79 Å². The van der Waals surface area contributed by atoms with Gasteiger partial charge in [0.05, 0.1) is 5.69 Å².